The summed E-state index contributed by atoms with van der Waals surface area (Å²) in [6.45, 7) is 5.98. The Bertz CT molecular complexity index is 816. The van der Waals surface area contributed by atoms with Gasteiger partial charge >= 0.3 is 0 Å². The topological polar surface area (TPSA) is 74.6 Å². The van der Waals surface area contributed by atoms with Gasteiger partial charge in [0.15, 0.2) is 0 Å². The van der Waals surface area contributed by atoms with E-state index in [2.05, 4.69) is 15.5 Å². The Balaban J connectivity index is 1.65. The fourth-order valence-corrected chi connectivity index (χ4v) is 3.65. The first-order valence-electron chi connectivity index (χ1n) is 10.1. The molecule has 0 unspecified atom stereocenters. The summed E-state index contributed by atoms with van der Waals surface area (Å²) in [5.74, 6) is -0.845. The molecule has 1 fully saturated rings. The lowest BCUT2D eigenvalue weighted by atomic mass is 10.0. The van der Waals surface area contributed by atoms with Crippen molar-refractivity contribution in [3.8, 4) is 0 Å². The predicted octanol–water partition coefficient (Wildman–Crippen LogP) is 3.13. The van der Waals surface area contributed by atoms with E-state index in [9.17, 15) is 14.0 Å². The molecule has 3 rings (SSSR count). The molecule has 7 heteroatoms. The van der Waals surface area contributed by atoms with Crippen LogP contribution in [0.4, 0.5) is 4.39 Å². The Hall–Kier alpha value is -2.67. The molecule has 156 valence electrons. The lowest BCUT2D eigenvalue weighted by molar-refractivity contribution is -0.124. The van der Waals surface area contributed by atoms with Crippen molar-refractivity contribution in [2.45, 2.75) is 38.8 Å². The fourth-order valence-electron chi connectivity index (χ4n) is 3.65. The first-order chi connectivity index (χ1) is 14.0. The molecule has 2 atom stereocenters. The maximum atomic E-state index is 13.9. The second kappa shape index (κ2) is 9.69. The van der Waals surface area contributed by atoms with E-state index in [0.29, 0.717) is 6.54 Å². The van der Waals surface area contributed by atoms with Gasteiger partial charge in [-0.15, -0.1) is 0 Å². The van der Waals surface area contributed by atoms with Gasteiger partial charge in [-0.25, -0.2) is 4.39 Å². The van der Waals surface area contributed by atoms with Crippen molar-refractivity contribution in [2.24, 2.45) is 5.92 Å². The SMILES string of the molecule is CC(C)[C@@H](NC(=O)c1ccccc1F)C(=O)NC[C@H](c1ccco1)N1CCCC1. The third-order valence-electron chi connectivity index (χ3n) is 5.28. The molecule has 2 heterocycles. The van der Waals surface area contributed by atoms with Gasteiger partial charge in [0.2, 0.25) is 5.91 Å². The van der Waals surface area contributed by atoms with Gasteiger partial charge in [-0.2, -0.15) is 0 Å². The minimum Gasteiger partial charge on any atom is -0.468 e. The predicted molar refractivity (Wildman–Crippen MR) is 108 cm³/mol. The van der Waals surface area contributed by atoms with Crippen molar-refractivity contribution in [1.29, 1.82) is 0 Å². The van der Waals surface area contributed by atoms with Crippen LogP contribution in [0.1, 0.15) is 48.8 Å². The average molecular weight is 401 g/mol. The Kier molecular flexibility index (Phi) is 7.04. The largest absolute Gasteiger partial charge is 0.468 e. The number of benzene rings is 1. The number of likely N-dealkylation sites (tertiary alicyclic amines) is 1. The van der Waals surface area contributed by atoms with Crippen LogP contribution in [0.15, 0.2) is 47.1 Å². The van der Waals surface area contributed by atoms with Gasteiger partial charge in [-0.3, -0.25) is 14.5 Å². The Morgan fingerprint density at radius 1 is 1.14 bits per heavy atom. The number of rotatable bonds is 8. The molecule has 0 spiro atoms. The molecule has 2 amide bonds. The summed E-state index contributed by atoms with van der Waals surface area (Å²) in [5, 5.41) is 5.63. The minimum absolute atomic E-state index is 0.0495. The molecule has 0 radical (unpaired) electrons. The van der Waals surface area contributed by atoms with E-state index in [1.54, 1.807) is 12.3 Å². The summed E-state index contributed by atoms with van der Waals surface area (Å²) in [6, 6.07) is 8.67. The average Bonchev–Trinajstić information content (AvgIpc) is 3.40. The van der Waals surface area contributed by atoms with Gasteiger partial charge in [-0.1, -0.05) is 26.0 Å². The van der Waals surface area contributed by atoms with Crippen molar-refractivity contribution in [1.82, 2.24) is 15.5 Å². The van der Waals surface area contributed by atoms with Crippen molar-refractivity contribution in [2.75, 3.05) is 19.6 Å². The van der Waals surface area contributed by atoms with E-state index in [1.165, 1.54) is 18.2 Å². The molecule has 6 nitrogen and oxygen atoms in total. The lowest BCUT2D eigenvalue weighted by Crippen LogP contribution is -2.51. The normalized spacial score (nSPS) is 16.6. The molecule has 1 aromatic carbocycles. The third kappa shape index (κ3) is 5.23. The standard InChI is InChI=1S/C22H28FN3O3/c1-15(2)20(25-21(27)16-8-3-4-9-17(16)23)22(28)24-14-18(19-10-7-13-29-19)26-11-5-6-12-26/h3-4,7-10,13,15,18,20H,5-6,11-12,14H2,1-2H3,(H,24,28)(H,25,27)/t18-,20-/m1/s1. The summed E-state index contributed by atoms with van der Waals surface area (Å²) in [7, 11) is 0. The van der Waals surface area contributed by atoms with Gasteiger partial charge < -0.3 is 15.1 Å². The molecule has 1 aliphatic rings. The van der Waals surface area contributed by atoms with E-state index in [4.69, 9.17) is 4.42 Å². The lowest BCUT2D eigenvalue weighted by Gasteiger charge is -2.28. The Morgan fingerprint density at radius 3 is 2.48 bits per heavy atom. The van der Waals surface area contributed by atoms with Gasteiger partial charge in [0.05, 0.1) is 17.9 Å². The molecule has 0 saturated carbocycles. The molecule has 0 aliphatic carbocycles. The van der Waals surface area contributed by atoms with Crippen molar-refractivity contribution < 1.29 is 18.4 Å². The van der Waals surface area contributed by atoms with E-state index < -0.39 is 17.8 Å². The summed E-state index contributed by atoms with van der Waals surface area (Å²) in [6.07, 6.45) is 3.88. The molecular weight excluding hydrogens is 373 g/mol. The molecule has 2 N–H and O–H groups in total. The maximum absolute atomic E-state index is 13.9. The first-order valence-corrected chi connectivity index (χ1v) is 10.1. The van der Waals surface area contributed by atoms with E-state index in [-0.39, 0.29) is 23.4 Å². The monoisotopic (exact) mass is 401 g/mol. The zero-order valence-corrected chi connectivity index (χ0v) is 16.9. The highest BCUT2D eigenvalue weighted by Gasteiger charge is 2.29. The fraction of sp³-hybridized carbons (Fsp3) is 0.455. The zero-order valence-electron chi connectivity index (χ0n) is 16.9. The smallest absolute Gasteiger partial charge is 0.254 e. The minimum atomic E-state index is -0.766. The van der Waals surface area contributed by atoms with E-state index in [1.807, 2.05) is 26.0 Å². The molecule has 2 aromatic rings. The summed E-state index contributed by atoms with van der Waals surface area (Å²) in [4.78, 5) is 27.6. The van der Waals surface area contributed by atoms with Gasteiger partial charge in [0.1, 0.15) is 17.6 Å². The number of furan rings is 1. The number of nitrogens with one attached hydrogen (secondary N) is 2. The summed E-state index contributed by atoms with van der Waals surface area (Å²) >= 11 is 0. The molecule has 29 heavy (non-hydrogen) atoms. The zero-order chi connectivity index (χ0) is 20.8. The van der Waals surface area contributed by atoms with Crippen LogP contribution in [-0.4, -0.2) is 42.4 Å². The Morgan fingerprint density at radius 2 is 1.86 bits per heavy atom. The molecule has 1 saturated heterocycles. The van der Waals surface area contributed by atoms with Crippen LogP contribution in [0.3, 0.4) is 0 Å². The van der Waals surface area contributed by atoms with Crippen LogP contribution in [0.25, 0.3) is 0 Å². The summed E-state index contributed by atoms with van der Waals surface area (Å²) < 4.78 is 19.5. The number of nitrogens with zero attached hydrogens (tertiary/aromatic N) is 1. The van der Waals surface area contributed by atoms with Gasteiger partial charge in [-0.05, 0) is 56.1 Å². The van der Waals surface area contributed by atoms with Crippen molar-refractivity contribution >= 4 is 11.8 Å². The number of carbonyl (C=O) groups excluding carboxylic acids is 2. The number of halogens is 1. The van der Waals surface area contributed by atoms with Crippen LogP contribution in [0.5, 0.6) is 0 Å². The molecule has 1 aromatic heterocycles. The van der Waals surface area contributed by atoms with Gasteiger partial charge in [0.25, 0.3) is 5.91 Å². The highest BCUT2D eigenvalue weighted by molar-refractivity contribution is 5.97. The summed E-state index contributed by atoms with van der Waals surface area (Å²) in [5.41, 5.74) is -0.0727. The Labute approximate surface area is 170 Å². The second-order valence-corrected chi connectivity index (χ2v) is 7.69. The number of hydrogen-bond acceptors (Lipinski definition) is 4. The van der Waals surface area contributed by atoms with Crippen LogP contribution < -0.4 is 10.6 Å². The van der Waals surface area contributed by atoms with Crippen molar-refractivity contribution in [3.63, 3.8) is 0 Å². The van der Waals surface area contributed by atoms with E-state index in [0.717, 1.165) is 31.7 Å². The highest BCUT2D eigenvalue weighted by Crippen LogP contribution is 2.25. The quantitative estimate of drug-likeness (QED) is 0.713. The number of amides is 2. The van der Waals surface area contributed by atoms with Crippen LogP contribution >= 0.6 is 0 Å². The first kappa shape index (κ1) is 21.0. The molecular formula is C22H28FN3O3. The molecule has 1 aliphatic heterocycles. The third-order valence-corrected chi connectivity index (χ3v) is 5.28. The van der Waals surface area contributed by atoms with Crippen LogP contribution in [0, 0.1) is 11.7 Å². The maximum Gasteiger partial charge on any atom is 0.254 e. The van der Waals surface area contributed by atoms with E-state index >= 15 is 0 Å². The van der Waals surface area contributed by atoms with Crippen LogP contribution in [-0.2, 0) is 4.79 Å². The highest BCUT2D eigenvalue weighted by atomic mass is 19.1. The van der Waals surface area contributed by atoms with Crippen LogP contribution in [0.2, 0.25) is 0 Å². The molecule has 0 bridgehead atoms. The van der Waals surface area contributed by atoms with Gasteiger partial charge in [0, 0.05) is 6.54 Å². The number of hydrogen-bond donors (Lipinski definition) is 2. The van der Waals surface area contributed by atoms with Crippen molar-refractivity contribution in [3.05, 3.63) is 59.8 Å². The number of carbonyl (C=O) groups is 2. The second-order valence-electron chi connectivity index (χ2n) is 7.69.